The van der Waals surface area contributed by atoms with E-state index in [2.05, 4.69) is 38.1 Å². The van der Waals surface area contributed by atoms with Gasteiger partial charge in [0.2, 0.25) is 0 Å². The number of rotatable bonds is 12. The lowest BCUT2D eigenvalue weighted by molar-refractivity contribution is 0.0734. The molecule has 46 heavy (non-hydrogen) atoms. The van der Waals surface area contributed by atoms with Crippen molar-refractivity contribution in [3.05, 3.63) is 166 Å². The van der Waals surface area contributed by atoms with Crippen molar-refractivity contribution in [2.24, 2.45) is 0 Å². The Labute approximate surface area is 271 Å². The quantitative estimate of drug-likeness (QED) is 0.0662. The molecule has 2 atom stereocenters. The van der Waals surface area contributed by atoms with E-state index in [1.165, 1.54) is 0 Å². The summed E-state index contributed by atoms with van der Waals surface area (Å²) in [4.78, 5) is 25.0. The van der Waals surface area contributed by atoms with Crippen molar-refractivity contribution < 1.29 is 24.2 Å². The number of Topliss-reactive ketones (excluding diaryl/α,β-unsaturated/α-hetero) is 1. The van der Waals surface area contributed by atoms with Gasteiger partial charge in [-0.1, -0.05) is 97.9 Å². The van der Waals surface area contributed by atoms with Gasteiger partial charge in [0.05, 0.1) is 12.7 Å². The van der Waals surface area contributed by atoms with Crippen LogP contribution in [0, 0.1) is 0 Å². The highest BCUT2D eigenvalue weighted by Gasteiger charge is 2.32. The minimum atomic E-state index is -0.457. The Bertz CT molecular complexity index is 1760. The molecule has 0 spiro atoms. The molecule has 0 bridgehead atoms. The second-order valence-corrected chi connectivity index (χ2v) is 12.0. The Kier molecular flexibility index (Phi) is 9.84. The van der Waals surface area contributed by atoms with Gasteiger partial charge in [-0.25, -0.2) is 4.79 Å². The van der Waals surface area contributed by atoms with E-state index in [-0.39, 0.29) is 12.4 Å². The lowest BCUT2D eigenvalue weighted by Gasteiger charge is -2.32. The van der Waals surface area contributed by atoms with Gasteiger partial charge in [-0.05, 0) is 90.9 Å². The maximum atomic E-state index is 13.2. The van der Waals surface area contributed by atoms with E-state index in [9.17, 15) is 14.7 Å². The molecule has 5 nitrogen and oxygen atoms in total. The number of methoxy groups -OCH3 is 1. The number of carbonyl (C=O) groups is 2. The van der Waals surface area contributed by atoms with Crippen LogP contribution in [0.15, 0.2) is 127 Å². The minimum Gasteiger partial charge on any atom is -0.497 e. The second kappa shape index (κ2) is 14.0. The van der Waals surface area contributed by atoms with E-state index < -0.39 is 16.8 Å². The van der Waals surface area contributed by atoms with Crippen LogP contribution >= 0.6 is 0 Å². The van der Waals surface area contributed by atoms with Crippen molar-refractivity contribution in [3.8, 4) is 11.5 Å². The predicted molar refractivity (Wildman–Crippen MR) is 182 cm³/mol. The Hall–Kier alpha value is -5.00. The third kappa shape index (κ3) is 6.65. The van der Waals surface area contributed by atoms with Crippen LogP contribution in [0.1, 0.15) is 82.1 Å². The average molecular weight is 613 g/mol. The van der Waals surface area contributed by atoms with Crippen molar-refractivity contribution in [1.82, 2.24) is 0 Å². The number of benzene rings is 5. The fourth-order valence-electron chi connectivity index (χ4n) is 6.15. The molecular formula is C41H40O5. The number of hydrogen-bond acceptors (Lipinski definition) is 5. The Morgan fingerprint density at radius 2 is 1.07 bits per heavy atom. The maximum Gasteiger partial charge on any atom is 0.343 e. The van der Waals surface area contributed by atoms with Crippen LogP contribution in [0.25, 0.3) is 0 Å². The van der Waals surface area contributed by atoms with E-state index in [4.69, 9.17) is 9.47 Å². The lowest BCUT2D eigenvalue weighted by Crippen LogP contribution is -2.25. The molecular weight excluding hydrogens is 572 g/mol. The molecule has 234 valence electrons. The first kappa shape index (κ1) is 32.4. The van der Waals surface area contributed by atoms with E-state index in [0.29, 0.717) is 29.7 Å². The molecule has 0 aliphatic rings. The number of esters is 1. The zero-order valence-electron chi connectivity index (χ0n) is 26.8. The van der Waals surface area contributed by atoms with Crippen molar-refractivity contribution in [1.29, 1.82) is 0 Å². The van der Waals surface area contributed by atoms with Crippen LogP contribution in [0.3, 0.4) is 0 Å². The van der Waals surface area contributed by atoms with E-state index in [1.807, 2.05) is 91.0 Å². The topological polar surface area (TPSA) is 72.8 Å². The standard InChI is InChI=1S/C41H40O5/c1-29(43)30-11-15-32(16-12-30)40(2,27-8-28-42)33-19-25-38(26-20-33)46-39(44)31-13-17-35(18-14-31)41(3,34-9-6-5-7-10-34)36-21-23-37(45-4)24-22-36/h5-7,9-26,42H,8,27-28H2,1-4H3. The molecule has 0 aromatic heterocycles. The summed E-state index contributed by atoms with van der Waals surface area (Å²) in [7, 11) is 1.66. The number of aliphatic hydroxyl groups is 1. The van der Waals surface area contributed by atoms with Gasteiger partial charge in [0.25, 0.3) is 0 Å². The first-order valence-corrected chi connectivity index (χ1v) is 15.5. The Balaban J connectivity index is 1.36. The fraction of sp³-hybridized carbons (Fsp3) is 0.220. The van der Waals surface area contributed by atoms with Gasteiger partial charge in [-0.15, -0.1) is 0 Å². The van der Waals surface area contributed by atoms with Crippen LogP contribution in [0.2, 0.25) is 0 Å². The molecule has 0 radical (unpaired) electrons. The molecule has 0 saturated carbocycles. The molecule has 0 heterocycles. The number of carbonyl (C=O) groups excluding carboxylic acids is 2. The van der Waals surface area contributed by atoms with E-state index in [0.717, 1.165) is 33.6 Å². The van der Waals surface area contributed by atoms with Gasteiger partial charge in [0.1, 0.15) is 11.5 Å². The summed E-state index contributed by atoms with van der Waals surface area (Å²) in [6.07, 6.45) is 1.34. The summed E-state index contributed by atoms with van der Waals surface area (Å²) in [5, 5.41) is 9.58. The van der Waals surface area contributed by atoms with Crippen LogP contribution in [-0.4, -0.2) is 30.6 Å². The zero-order chi connectivity index (χ0) is 32.7. The second-order valence-electron chi connectivity index (χ2n) is 12.0. The summed E-state index contributed by atoms with van der Waals surface area (Å²) in [5.74, 6) is 0.824. The SMILES string of the molecule is COc1ccc(C(C)(c2ccccc2)c2ccc(C(=O)Oc3ccc(C(C)(CCCO)c4ccc(C(C)=O)cc4)cc3)cc2)cc1. The monoisotopic (exact) mass is 612 g/mol. The number of hydrogen-bond donors (Lipinski definition) is 1. The Morgan fingerprint density at radius 1 is 0.609 bits per heavy atom. The fourth-order valence-corrected chi connectivity index (χ4v) is 6.15. The van der Waals surface area contributed by atoms with Gasteiger partial charge in [0.15, 0.2) is 5.78 Å². The summed E-state index contributed by atoms with van der Waals surface area (Å²) in [6, 6.07) is 41.2. The lowest BCUT2D eigenvalue weighted by atomic mass is 9.71. The smallest absolute Gasteiger partial charge is 0.343 e. The van der Waals surface area contributed by atoms with E-state index >= 15 is 0 Å². The summed E-state index contributed by atoms with van der Waals surface area (Å²) < 4.78 is 11.2. The molecule has 0 aliphatic carbocycles. The highest BCUT2D eigenvalue weighted by Crippen LogP contribution is 2.40. The summed E-state index contributed by atoms with van der Waals surface area (Å²) in [5.41, 5.74) is 5.63. The van der Waals surface area contributed by atoms with Crippen molar-refractivity contribution in [3.63, 3.8) is 0 Å². The molecule has 5 rings (SSSR count). The van der Waals surface area contributed by atoms with Gasteiger partial charge in [0, 0.05) is 23.0 Å². The molecule has 0 aliphatic heterocycles. The van der Waals surface area contributed by atoms with Crippen molar-refractivity contribution in [2.75, 3.05) is 13.7 Å². The highest BCUT2D eigenvalue weighted by molar-refractivity contribution is 5.94. The third-order valence-electron chi connectivity index (χ3n) is 9.18. The number of aliphatic hydroxyl groups excluding tert-OH is 1. The largest absolute Gasteiger partial charge is 0.497 e. The molecule has 0 amide bonds. The van der Waals surface area contributed by atoms with Gasteiger partial charge < -0.3 is 14.6 Å². The van der Waals surface area contributed by atoms with Gasteiger partial charge >= 0.3 is 5.97 Å². The van der Waals surface area contributed by atoms with Gasteiger partial charge in [-0.3, -0.25) is 4.79 Å². The maximum absolute atomic E-state index is 13.2. The zero-order valence-corrected chi connectivity index (χ0v) is 26.8. The summed E-state index contributed by atoms with van der Waals surface area (Å²) >= 11 is 0. The molecule has 5 aromatic rings. The molecule has 1 N–H and O–H groups in total. The molecule has 5 heteroatoms. The number of ketones is 1. The molecule has 2 unspecified atom stereocenters. The van der Waals surface area contributed by atoms with E-state index in [1.54, 1.807) is 26.2 Å². The first-order valence-electron chi connectivity index (χ1n) is 15.5. The normalized spacial score (nSPS) is 13.7. The molecule has 0 fully saturated rings. The highest BCUT2D eigenvalue weighted by atomic mass is 16.5. The average Bonchev–Trinajstić information content (AvgIpc) is 3.11. The first-order chi connectivity index (χ1) is 22.2. The van der Waals surface area contributed by atoms with Crippen LogP contribution in [0.4, 0.5) is 0 Å². The Morgan fingerprint density at radius 3 is 1.59 bits per heavy atom. The molecule has 5 aromatic carbocycles. The minimum absolute atomic E-state index is 0.0203. The van der Waals surface area contributed by atoms with Crippen molar-refractivity contribution in [2.45, 2.75) is 44.4 Å². The van der Waals surface area contributed by atoms with Crippen LogP contribution in [0.5, 0.6) is 11.5 Å². The van der Waals surface area contributed by atoms with Gasteiger partial charge in [-0.2, -0.15) is 0 Å². The summed E-state index contributed by atoms with van der Waals surface area (Å²) in [6.45, 7) is 5.95. The third-order valence-corrected chi connectivity index (χ3v) is 9.18. The van der Waals surface area contributed by atoms with Crippen LogP contribution in [-0.2, 0) is 10.8 Å². The number of ether oxygens (including phenoxy) is 2. The van der Waals surface area contributed by atoms with Crippen LogP contribution < -0.4 is 9.47 Å². The van der Waals surface area contributed by atoms with Crippen molar-refractivity contribution >= 4 is 11.8 Å². The predicted octanol–water partition coefficient (Wildman–Crippen LogP) is 8.55. The molecule has 0 saturated heterocycles.